The van der Waals surface area contributed by atoms with Gasteiger partial charge >= 0.3 is 5.97 Å². The lowest BCUT2D eigenvalue weighted by molar-refractivity contribution is -0.152. The van der Waals surface area contributed by atoms with Crippen molar-refractivity contribution in [3.8, 4) is 0 Å². The molecule has 2 aliphatic rings. The van der Waals surface area contributed by atoms with Crippen molar-refractivity contribution in [2.45, 2.75) is 32.6 Å². The van der Waals surface area contributed by atoms with E-state index in [0.29, 0.717) is 13.2 Å². The second-order valence-electron chi connectivity index (χ2n) is 5.40. The molecule has 0 aliphatic carbocycles. The molecule has 5 heteroatoms. The summed E-state index contributed by atoms with van der Waals surface area (Å²) in [5.41, 5.74) is 0. The van der Waals surface area contributed by atoms with Gasteiger partial charge < -0.3 is 15.0 Å². The van der Waals surface area contributed by atoms with E-state index in [0.717, 1.165) is 45.3 Å². The number of esters is 1. The van der Waals surface area contributed by atoms with Gasteiger partial charge in [0.25, 0.3) is 0 Å². The summed E-state index contributed by atoms with van der Waals surface area (Å²) in [7, 11) is 0. The molecular weight excluding hydrogens is 244 g/mol. The first-order valence-corrected chi connectivity index (χ1v) is 7.38. The van der Waals surface area contributed by atoms with E-state index in [4.69, 9.17) is 4.74 Å². The topological polar surface area (TPSA) is 58.6 Å². The summed E-state index contributed by atoms with van der Waals surface area (Å²) in [5, 5.41) is 3.27. The Kier molecular flexibility index (Phi) is 5.19. The molecule has 2 rings (SSSR count). The van der Waals surface area contributed by atoms with Crippen molar-refractivity contribution < 1.29 is 14.3 Å². The van der Waals surface area contributed by atoms with Gasteiger partial charge in [0.1, 0.15) is 0 Å². The zero-order valence-corrected chi connectivity index (χ0v) is 11.7. The summed E-state index contributed by atoms with van der Waals surface area (Å²) in [6.45, 7) is 5.41. The molecule has 1 atom stereocenters. The number of hydrogen-bond donors (Lipinski definition) is 1. The Labute approximate surface area is 114 Å². The van der Waals surface area contributed by atoms with Gasteiger partial charge in [-0.15, -0.1) is 0 Å². The highest BCUT2D eigenvalue weighted by Crippen LogP contribution is 2.22. The molecule has 0 aromatic rings. The summed E-state index contributed by atoms with van der Waals surface area (Å²) in [6.07, 6.45) is 3.58. The van der Waals surface area contributed by atoms with Crippen LogP contribution in [0.15, 0.2) is 0 Å². The Balaban J connectivity index is 1.89. The van der Waals surface area contributed by atoms with E-state index in [9.17, 15) is 9.59 Å². The molecule has 0 spiro atoms. The molecular formula is C14H24N2O3. The first-order chi connectivity index (χ1) is 9.22. The van der Waals surface area contributed by atoms with Gasteiger partial charge in [0.15, 0.2) is 0 Å². The van der Waals surface area contributed by atoms with Gasteiger partial charge in [0, 0.05) is 19.0 Å². The van der Waals surface area contributed by atoms with Gasteiger partial charge in [0.05, 0.1) is 12.5 Å². The molecule has 2 heterocycles. The summed E-state index contributed by atoms with van der Waals surface area (Å²) >= 11 is 0. The number of hydrogen-bond acceptors (Lipinski definition) is 4. The van der Waals surface area contributed by atoms with Crippen LogP contribution in [-0.4, -0.2) is 49.6 Å². The molecule has 0 aromatic heterocycles. The third kappa shape index (κ3) is 3.69. The summed E-state index contributed by atoms with van der Waals surface area (Å²) in [4.78, 5) is 26.1. The molecule has 1 amide bonds. The monoisotopic (exact) mass is 268 g/mol. The third-order valence-electron chi connectivity index (χ3n) is 4.04. The lowest BCUT2D eigenvalue weighted by Gasteiger charge is -2.35. The van der Waals surface area contributed by atoms with Crippen molar-refractivity contribution in [3.05, 3.63) is 0 Å². The molecule has 0 saturated carbocycles. The van der Waals surface area contributed by atoms with Gasteiger partial charge in [-0.1, -0.05) is 0 Å². The van der Waals surface area contributed by atoms with E-state index in [-0.39, 0.29) is 23.7 Å². The molecule has 19 heavy (non-hydrogen) atoms. The van der Waals surface area contributed by atoms with E-state index in [1.807, 2.05) is 11.8 Å². The SMILES string of the molecule is CCOC(=O)C1CCCN(C(=O)C2CCNCC2)C1. The van der Waals surface area contributed by atoms with E-state index in [1.54, 1.807) is 0 Å². The second-order valence-corrected chi connectivity index (χ2v) is 5.40. The van der Waals surface area contributed by atoms with Gasteiger partial charge in [-0.2, -0.15) is 0 Å². The standard InChI is InChI=1S/C14H24N2O3/c1-2-19-14(18)12-4-3-9-16(10-12)13(17)11-5-7-15-8-6-11/h11-12,15H,2-10H2,1H3. The van der Waals surface area contributed by atoms with Gasteiger partial charge in [-0.25, -0.2) is 0 Å². The number of ether oxygens (including phenoxy) is 1. The summed E-state index contributed by atoms with van der Waals surface area (Å²) < 4.78 is 5.07. The number of carbonyl (C=O) groups excluding carboxylic acids is 2. The maximum atomic E-state index is 12.4. The molecule has 1 N–H and O–H groups in total. The fourth-order valence-electron chi connectivity index (χ4n) is 2.96. The summed E-state index contributed by atoms with van der Waals surface area (Å²) in [5.74, 6) is 0.0994. The van der Waals surface area contributed by atoms with E-state index < -0.39 is 0 Å². The molecule has 0 aromatic carbocycles. The van der Waals surface area contributed by atoms with Crippen molar-refractivity contribution in [1.82, 2.24) is 10.2 Å². The molecule has 2 fully saturated rings. The lowest BCUT2D eigenvalue weighted by Crippen LogP contribution is -2.47. The number of likely N-dealkylation sites (tertiary alicyclic amines) is 1. The van der Waals surface area contributed by atoms with Crippen LogP contribution in [0.5, 0.6) is 0 Å². The van der Waals surface area contributed by atoms with Gasteiger partial charge in [0.2, 0.25) is 5.91 Å². The first-order valence-electron chi connectivity index (χ1n) is 7.38. The van der Waals surface area contributed by atoms with Crippen molar-refractivity contribution >= 4 is 11.9 Å². The average molecular weight is 268 g/mol. The summed E-state index contributed by atoms with van der Waals surface area (Å²) in [6, 6.07) is 0. The third-order valence-corrected chi connectivity index (χ3v) is 4.04. The Hall–Kier alpha value is -1.10. The fraction of sp³-hybridized carbons (Fsp3) is 0.857. The highest BCUT2D eigenvalue weighted by Gasteiger charge is 2.32. The number of amides is 1. The van der Waals surface area contributed by atoms with Crippen molar-refractivity contribution in [3.63, 3.8) is 0 Å². The second kappa shape index (κ2) is 6.89. The molecule has 5 nitrogen and oxygen atoms in total. The van der Waals surface area contributed by atoms with Gasteiger partial charge in [-0.05, 0) is 45.7 Å². The molecule has 1 unspecified atom stereocenters. The number of piperidine rings is 2. The van der Waals surface area contributed by atoms with E-state index >= 15 is 0 Å². The number of rotatable bonds is 3. The van der Waals surface area contributed by atoms with Crippen LogP contribution < -0.4 is 5.32 Å². The van der Waals surface area contributed by atoms with Crippen LogP contribution in [0.25, 0.3) is 0 Å². The minimum atomic E-state index is -0.148. The maximum Gasteiger partial charge on any atom is 0.310 e. The van der Waals surface area contributed by atoms with Crippen LogP contribution in [0.4, 0.5) is 0 Å². The zero-order valence-electron chi connectivity index (χ0n) is 11.7. The molecule has 2 saturated heterocycles. The van der Waals surface area contributed by atoms with Crippen LogP contribution in [0, 0.1) is 11.8 Å². The minimum absolute atomic E-state index is 0.126. The largest absolute Gasteiger partial charge is 0.466 e. The predicted octanol–water partition coefficient (Wildman–Crippen LogP) is 0.788. The molecule has 2 aliphatic heterocycles. The Morgan fingerprint density at radius 2 is 1.95 bits per heavy atom. The van der Waals surface area contributed by atoms with Crippen molar-refractivity contribution in [1.29, 1.82) is 0 Å². The average Bonchev–Trinajstić information content (AvgIpc) is 2.48. The van der Waals surface area contributed by atoms with E-state index in [1.165, 1.54) is 0 Å². The van der Waals surface area contributed by atoms with Crippen LogP contribution >= 0.6 is 0 Å². The normalized spacial score (nSPS) is 25.1. The Morgan fingerprint density at radius 1 is 1.21 bits per heavy atom. The first kappa shape index (κ1) is 14.3. The quantitative estimate of drug-likeness (QED) is 0.769. The molecule has 108 valence electrons. The maximum absolute atomic E-state index is 12.4. The zero-order chi connectivity index (χ0) is 13.7. The van der Waals surface area contributed by atoms with Gasteiger partial charge in [-0.3, -0.25) is 9.59 Å². The van der Waals surface area contributed by atoms with E-state index in [2.05, 4.69) is 5.32 Å². The number of nitrogens with zero attached hydrogens (tertiary/aromatic N) is 1. The van der Waals surface area contributed by atoms with Crippen molar-refractivity contribution in [2.24, 2.45) is 11.8 Å². The highest BCUT2D eigenvalue weighted by atomic mass is 16.5. The molecule has 0 bridgehead atoms. The predicted molar refractivity (Wildman–Crippen MR) is 71.5 cm³/mol. The minimum Gasteiger partial charge on any atom is -0.466 e. The van der Waals surface area contributed by atoms with Crippen LogP contribution in [0.3, 0.4) is 0 Å². The number of nitrogens with one attached hydrogen (secondary N) is 1. The number of carbonyl (C=O) groups is 2. The van der Waals surface area contributed by atoms with Crippen LogP contribution in [-0.2, 0) is 14.3 Å². The van der Waals surface area contributed by atoms with Crippen molar-refractivity contribution in [2.75, 3.05) is 32.8 Å². The van der Waals surface area contributed by atoms with Crippen LogP contribution in [0.1, 0.15) is 32.6 Å². The smallest absolute Gasteiger partial charge is 0.310 e. The lowest BCUT2D eigenvalue weighted by atomic mass is 9.93. The highest BCUT2D eigenvalue weighted by molar-refractivity contribution is 5.80. The fourth-order valence-corrected chi connectivity index (χ4v) is 2.96. The Bertz CT molecular complexity index is 327. The van der Waals surface area contributed by atoms with Crippen LogP contribution in [0.2, 0.25) is 0 Å². The Morgan fingerprint density at radius 3 is 2.63 bits per heavy atom. The molecule has 0 radical (unpaired) electrons.